The summed E-state index contributed by atoms with van der Waals surface area (Å²) in [4.78, 5) is 32.3. The van der Waals surface area contributed by atoms with Crippen LogP contribution in [-0.4, -0.2) is 57.6 Å². The molecule has 2 aliphatic heterocycles. The van der Waals surface area contributed by atoms with Gasteiger partial charge in [0.15, 0.2) is 11.6 Å². The van der Waals surface area contributed by atoms with Crippen molar-refractivity contribution in [3.63, 3.8) is 0 Å². The molecule has 0 bridgehead atoms. The average Bonchev–Trinajstić information content (AvgIpc) is 3.25. The lowest BCUT2D eigenvalue weighted by atomic mass is 9.89. The fourth-order valence-corrected chi connectivity index (χ4v) is 5.44. The molecule has 9 nitrogen and oxygen atoms in total. The van der Waals surface area contributed by atoms with Crippen LogP contribution in [0.4, 0.5) is 20.3 Å². The number of amides is 2. The standard InChI is InChI=1S/C28H29F2N7O2S/c1-4-17-9-19(36-13-18(14-36)28(2,29)30)6-7-20(17)21-10-22-25(27(39)33-21)26(34-24(38)15-40-3)37(35-22)23-8-5-16(11-31)12-32-23/h5-9,12,18,21H,4,10,13-15H2,1-3H3,(H,33,39)(H,34,38)/t21-/m1/s1. The molecule has 1 aromatic carbocycles. The topological polar surface area (TPSA) is 116 Å². The number of nitrogens with zero attached hydrogens (tertiary/aromatic N) is 5. The van der Waals surface area contributed by atoms with E-state index in [1.807, 2.05) is 42.3 Å². The van der Waals surface area contributed by atoms with Crippen LogP contribution in [0.15, 0.2) is 36.5 Å². The Hall–Kier alpha value is -3.98. The molecular formula is C28H29F2N7O2S. The van der Waals surface area contributed by atoms with Gasteiger partial charge in [-0.05, 0) is 55.0 Å². The molecule has 1 fully saturated rings. The van der Waals surface area contributed by atoms with E-state index in [0.717, 1.165) is 23.7 Å². The van der Waals surface area contributed by atoms with E-state index >= 15 is 0 Å². The maximum Gasteiger partial charge on any atom is 0.257 e. The van der Waals surface area contributed by atoms with Crippen LogP contribution < -0.4 is 15.5 Å². The first kappa shape index (κ1) is 27.6. The lowest BCUT2D eigenvalue weighted by Crippen LogP contribution is -2.53. The highest BCUT2D eigenvalue weighted by atomic mass is 32.2. The second kappa shape index (κ2) is 10.9. The second-order valence-corrected chi connectivity index (χ2v) is 11.0. The SMILES string of the molecule is CCc1cc(N2CC(C(C)(F)F)C2)ccc1[C@H]1Cc2nn(-c3ccc(C#N)cn3)c(NC(=O)CSC)c2C(=O)N1. The highest BCUT2D eigenvalue weighted by Crippen LogP contribution is 2.38. The minimum absolute atomic E-state index is 0.199. The Morgan fingerprint density at radius 3 is 2.70 bits per heavy atom. The molecule has 40 heavy (non-hydrogen) atoms. The molecule has 4 heterocycles. The van der Waals surface area contributed by atoms with Crippen LogP contribution in [-0.2, 0) is 17.6 Å². The predicted molar refractivity (Wildman–Crippen MR) is 149 cm³/mol. The van der Waals surface area contributed by atoms with Crippen LogP contribution in [0.3, 0.4) is 0 Å². The number of anilines is 2. The van der Waals surface area contributed by atoms with Crippen molar-refractivity contribution < 1.29 is 18.4 Å². The molecule has 5 rings (SSSR count). The Morgan fingerprint density at radius 2 is 2.08 bits per heavy atom. The molecule has 2 N–H and O–H groups in total. The number of benzene rings is 1. The van der Waals surface area contributed by atoms with Crippen molar-refractivity contribution in [2.45, 2.75) is 38.7 Å². The Bertz CT molecular complexity index is 1490. The minimum Gasteiger partial charge on any atom is -0.370 e. The number of halogens is 2. The minimum atomic E-state index is -2.70. The van der Waals surface area contributed by atoms with Crippen LogP contribution >= 0.6 is 11.8 Å². The molecule has 0 saturated carbocycles. The van der Waals surface area contributed by atoms with E-state index in [1.54, 1.807) is 12.1 Å². The molecule has 0 spiro atoms. The molecule has 2 amide bonds. The molecule has 1 atom stereocenters. The molecule has 1 saturated heterocycles. The van der Waals surface area contributed by atoms with Gasteiger partial charge >= 0.3 is 0 Å². The Labute approximate surface area is 234 Å². The van der Waals surface area contributed by atoms with Crippen molar-refractivity contribution in [1.29, 1.82) is 5.26 Å². The number of pyridine rings is 1. The molecule has 0 radical (unpaired) electrons. The summed E-state index contributed by atoms with van der Waals surface area (Å²) in [5.41, 5.74) is 4.00. The van der Waals surface area contributed by atoms with Gasteiger partial charge in [-0.1, -0.05) is 13.0 Å². The summed E-state index contributed by atoms with van der Waals surface area (Å²) in [5, 5.41) is 19.7. The molecule has 208 valence electrons. The summed E-state index contributed by atoms with van der Waals surface area (Å²) in [6.45, 7) is 3.60. The van der Waals surface area contributed by atoms with Crippen molar-refractivity contribution >= 4 is 35.1 Å². The summed E-state index contributed by atoms with van der Waals surface area (Å²) in [6.07, 6.45) is 4.30. The number of hydrogen-bond donors (Lipinski definition) is 2. The molecule has 0 aliphatic carbocycles. The summed E-state index contributed by atoms with van der Waals surface area (Å²) < 4.78 is 28.7. The van der Waals surface area contributed by atoms with Gasteiger partial charge in [0.2, 0.25) is 5.91 Å². The van der Waals surface area contributed by atoms with E-state index in [0.29, 0.717) is 43.0 Å². The fraction of sp³-hybridized carbons (Fsp3) is 0.393. The second-order valence-electron chi connectivity index (χ2n) is 10.1. The van der Waals surface area contributed by atoms with Gasteiger partial charge in [0.05, 0.1) is 29.0 Å². The third kappa shape index (κ3) is 5.25. The van der Waals surface area contributed by atoms with Crippen LogP contribution in [0.5, 0.6) is 0 Å². The normalized spacial score (nSPS) is 17.1. The van der Waals surface area contributed by atoms with Crippen LogP contribution in [0, 0.1) is 17.2 Å². The summed E-state index contributed by atoms with van der Waals surface area (Å²) in [6, 6.07) is 10.7. The van der Waals surface area contributed by atoms with Crippen LogP contribution in [0.2, 0.25) is 0 Å². The summed E-state index contributed by atoms with van der Waals surface area (Å²) in [7, 11) is 0. The molecule has 3 aromatic rings. The molecule has 12 heteroatoms. The lowest BCUT2D eigenvalue weighted by Gasteiger charge is -2.43. The van der Waals surface area contributed by atoms with Crippen LogP contribution in [0.1, 0.15) is 52.6 Å². The number of nitriles is 1. The number of aryl methyl sites for hydroxylation is 1. The number of thioether (sulfide) groups is 1. The number of carbonyl (C=O) groups is 2. The molecular weight excluding hydrogens is 536 g/mol. The quantitative estimate of drug-likeness (QED) is 0.422. The summed E-state index contributed by atoms with van der Waals surface area (Å²) >= 11 is 1.35. The average molecular weight is 566 g/mol. The zero-order valence-corrected chi connectivity index (χ0v) is 23.2. The Morgan fingerprint density at radius 1 is 1.30 bits per heavy atom. The van der Waals surface area contributed by atoms with E-state index < -0.39 is 11.8 Å². The largest absolute Gasteiger partial charge is 0.370 e. The van der Waals surface area contributed by atoms with Crippen molar-refractivity contribution in [2.24, 2.45) is 5.92 Å². The van der Waals surface area contributed by atoms with Gasteiger partial charge in [0, 0.05) is 31.4 Å². The van der Waals surface area contributed by atoms with E-state index in [-0.39, 0.29) is 35.0 Å². The van der Waals surface area contributed by atoms with Crippen LogP contribution in [0.25, 0.3) is 5.82 Å². The molecule has 2 aromatic heterocycles. The lowest BCUT2D eigenvalue weighted by molar-refractivity contribution is -0.113. The first-order chi connectivity index (χ1) is 19.1. The van der Waals surface area contributed by atoms with Crippen molar-refractivity contribution in [3.05, 3.63) is 64.5 Å². The van der Waals surface area contributed by atoms with Gasteiger partial charge in [0.25, 0.3) is 11.8 Å². The van der Waals surface area contributed by atoms with Gasteiger partial charge in [-0.2, -0.15) is 26.8 Å². The van der Waals surface area contributed by atoms with Gasteiger partial charge in [-0.25, -0.2) is 13.8 Å². The first-order valence-electron chi connectivity index (χ1n) is 13.0. The Kier molecular flexibility index (Phi) is 7.51. The molecule has 2 aliphatic rings. The Balaban J connectivity index is 1.46. The number of nitrogens with one attached hydrogen (secondary N) is 2. The first-order valence-corrected chi connectivity index (χ1v) is 14.4. The monoisotopic (exact) mass is 565 g/mol. The van der Waals surface area contributed by atoms with Gasteiger partial charge in [-0.3, -0.25) is 9.59 Å². The highest BCUT2D eigenvalue weighted by Gasteiger charge is 2.43. The molecule has 0 unspecified atom stereocenters. The zero-order valence-electron chi connectivity index (χ0n) is 22.4. The zero-order chi connectivity index (χ0) is 28.6. The fourth-order valence-electron chi connectivity index (χ4n) is 5.11. The number of aromatic nitrogens is 3. The van der Waals surface area contributed by atoms with E-state index in [1.165, 1.54) is 22.6 Å². The van der Waals surface area contributed by atoms with E-state index in [4.69, 9.17) is 5.26 Å². The maximum absolute atomic E-state index is 13.6. The smallest absolute Gasteiger partial charge is 0.257 e. The number of hydrogen-bond acceptors (Lipinski definition) is 7. The predicted octanol–water partition coefficient (Wildman–Crippen LogP) is 4.12. The van der Waals surface area contributed by atoms with Gasteiger partial charge in [0.1, 0.15) is 11.6 Å². The highest BCUT2D eigenvalue weighted by molar-refractivity contribution is 7.99. The number of alkyl halides is 2. The third-order valence-electron chi connectivity index (χ3n) is 7.36. The van der Waals surface area contributed by atoms with Crippen molar-refractivity contribution in [2.75, 3.05) is 35.3 Å². The van der Waals surface area contributed by atoms with Gasteiger partial charge in [-0.15, -0.1) is 0 Å². The number of rotatable bonds is 8. The van der Waals surface area contributed by atoms with Crippen molar-refractivity contribution in [1.82, 2.24) is 20.1 Å². The number of fused-ring (bicyclic) bond motifs is 1. The van der Waals surface area contributed by atoms with Crippen molar-refractivity contribution in [3.8, 4) is 11.9 Å². The van der Waals surface area contributed by atoms with E-state index in [2.05, 4.69) is 20.7 Å². The van der Waals surface area contributed by atoms with Gasteiger partial charge < -0.3 is 15.5 Å². The van der Waals surface area contributed by atoms with E-state index in [9.17, 15) is 18.4 Å². The number of carbonyl (C=O) groups excluding carboxylic acids is 2. The maximum atomic E-state index is 13.6. The summed E-state index contributed by atoms with van der Waals surface area (Å²) in [5.74, 6) is -3.21. The third-order valence-corrected chi connectivity index (χ3v) is 7.91.